The molecule has 0 aromatic heterocycles. The molecule has 2 aromatic rings. The molecule has 0 amide bonds. The third kappa shape index (κ3) is 6.42. The summed E-state index contributed by atoms with van der Waals surface area (Å²) in [7, 11) is 0. The number of ketones is 1. The van der Waals surface area contributed by atoms with Crippen LogP contribution in [0.3, 0.4) is 0 Å². The zero-order valence-electron chi connectivity index (χ0n) is 14.4. The molecule has 0 aliphatic carbocycles. The SMILES string of the molecule is CC(=O)c1ccc(OC(=O)/C=C/c2ccc(OC(F)F)cc2OC(F)F)cc1. The first kappa shape index (κ1) is 20.9. The summed E-state index contributed by atoms with van der Waals surface area (Å²) in [6.45, 7) is -4.95. The molecule has 0 N–H and O–H groups in total. The van der Waals surface area contributed by atoms with Crippen LogP contribution in [0.25, 0.3) is 6.08 Å². The second kappa shape index (κ2) is 9.54. The van der Waals surface area contributed by atoms with Crippen molar-refractivity contribution in [1.82, 2.24) is 0 Å². The van der Waals surface area contributed by atoms with E-state index < -0.39 is 24.9 Å². The maximum Gasteiger partial charge on any atom is 0.387 e. The maximum absolute atomic E-state index is 12.5. The second-order valence-corrected chi connectivity index (χ2v) is 5.29. The van der Waals surface area contributed by atoms with Crippen molar-refractivity contribution in [2.24, 2.45) is 0 Å². The Kier molecular flexibility index (Phi) is 7.14. The van der Waals surface area contributed by atoms with E-state index in [4.69, 9.17) is 4.74 Å². The molecule has 0 aliphatic heterocycles. The highest BCUT2D eigenvalue weighted by Gasteiger charge is 2.12. The topological polar surface area (TPSA) is 61.8 Å². The first-order valence-electron chi connectivity index (χ1n) is 7.79. The molecule has 0 spiro atoms. The Balaban J connectivity index is 2.12. The van der Waals surface area contributed by atoms with E-state index in [0.29, 0.717) is 5.56 Å². The number of carbonyl (C=O) groups excluding carboxylic acids is 2. The van der Waals surface area contributed by atoms with Gasteiger partial charge in [0.05, 0.1) is 0 Å². The van der Waals surface area contributed by atoms with E-state index in [1.54, 1.807) is 0 Å². The molecule has 0 unspecified atom stereocenters. The zero-order valence-corrected chi connectivity index (χ0v) is 14.4. The lowest BCUT2D eigenvalue weighted by Gasteiger charge is -2.11. The highest BCUT2D eigenvalue weighted by Crippen LogP contribution is 2.28. The number of hydrogen-bond acceptors (Lipinski definition) is 5. The normalized spacial score (nSPS) is 11.1. The Labute approximate surface area is 157 Å². The Bertz CT molecular complexity index is 863. The minimum Gasteiger partial charge on any atom is -0.435 e. The third-order valence-electron chi connectivity index (χ3n) is 3.30. The quantitative estimate of drug-likeness (QED) is 0.212. The van der Waals surface area contributed by atoms with E-state index in [0.717, 1.165) is 24.3 Å². The van der Waals surface area contributed by atoms with Gasteiger partial charge in [0.2, 0.25) is 0 Å². The third-order valence-corrected chi connectivity index (χ3v) is 3.30. The largest absolute Gasteiger partial charge is 0.435 e. The number of rotatable bonds is 8. The standard InChI is InChI=1S/C19H14F4O5/c1-11(24)12-2-6-14(7-3-12)26-17(25)9-5-13-4-8-15(27-18(20)21)10-16(13)28-19(22)23/h2-10,18-19H,1H3/b9-5+. The van der Waals surface area contributed by atoms with Crippen LogP contribution in [0.2, 0.25) is 0 Å². The fraction of sp³-hybridized carbons (Fsp3) is 0.158. The number of alkyl halides is 4. The summed E-state index contributed by atoms with van der Waals surface area (Å²) in [5.74, 6) is -1.64. The molecule has 0 saturated heterocycles. The zero-order chi connectivity index (χ0) is 20.7. The molecule has 0 saturated carbocycles. The monoisotopic (exact) mass is 398 g/mol. The van der Waals surface area contributed by atoms with Crippen LogP contribution in [0.1, 0.15) is 22.8 Å². The van der Waals surface area contributed by atoms with Gasteiger partial charge in [-0.2, -0.15) is 17.6 Å². The van der Waals surface area contributed by atoms with Crippen molar-refractivity contribution in [2.75, 3.05) is 0 Å². The van der Waals surface area contributed by atoms with Gasteiger partial charge in [0.15, 0.2) is 5.78 Å². The molecule has 0 aliphatic rings. The number of benzene rings is 2. The molecule has 0 bridgehead atoms. The predicted octanol–water partition coefficient (Wildman–Crippen LogP) is 4.71. The summed E-state index contributed by atoms with van der Waals surface area (Å²) in [4.78, 5) is 23.1. The van der Waals surface area contributed by atoms with Gasteiger partial charge in [0, 0.05) is 23.3 Å². The number of Topliss-reactive ketones (excluding diaryl/α,β-unsaturated/α-hetero) is 1. The minimum absolute atomic E-state index is 0.0193. The van der Waals surface area contributed by atoms with Crippen LogP contribution < -0.4 is 14.2 Å². The Hall–Kier alpha value is -3.36. The molecule has 0 heterocycles. The molecular formula is C19H14F4O5. The summed E-state index contributed by atoms with van der Waals surface area (Å²) < 4.78 is 62.9. The molecule has 9 heteroatoms. The molecule has 2 rings (SSSR count). The number of hydrogen-bond donors (Lipinski definition) is 0. The predicted molar refractivity (Wildman–Crippen MR) is 90.8 cm³/mol. The van der Waals surface area contributed by atoms with Crippen molar-refractivity contribution < 1.29 is 41.4 Å². The van der Waals surface area contributed by atoms with Crippen molar-refractivity contribution >= 4 is 17.8 Å². The first-order valence-corrected chi connectivity index (χ1v) is 7.79. The highest BCUT2D eigenvalue weighted by atomic mass is 19.3. The van der Waals surface area contributed by atoms with Crippen molar-refractivity contribution in [3.8, 4) is 17.2 Å². The summed E-state index contributed by atoms with van der Waals surface area (Å²) in [6.07, 6.45) is 2.07. The van der Waals surface area contributed by atoms with Gasteiger partial charge >= 0.3 is 19.2 Å². The second-order valence-electron chi connectivity index (χ2n) is 5.29. The van der Waals surface area contributed by atoms with E-state index in [2.05, 4.69) is 9.47 Å². The van der Waals surface area contributed by atoms with Crippen molar-refractivity contribution in [1.29, 1.82) is 0 Å². The first-order chi connectivity index (χ1) is 13.2. The molecule has 28 heavy (non-hydrogen) atoms. The van der Waals surface area contributed by atoms with Crippen LogP contribution in [0.15, 0.2) is 48.5 Å². The van der Waals surface area contributed by atoms with E-state index >= 15 is 0 Å². The average Bonchev–Trinajstić information content (AvgIpc) is 2.60. The van der Waals surface area contributed by atoms with Gasteiger partial charge in [-0.15, -0.1) is 0 Å². The van der Waals surface area contributed by atoms with Crippen LogP contribution in [-0.2, 0) is 4.79 Å². The highest BCUT2D eigenvalue weighted by molar-refractivity contribution is 5.94. The molecule has 0 atom stereocenters. The van der Waals surface area contributed by atoms with Gasteiger partial charge in [-0.1, -0.05) is 0 Å². The van der Waals surface area contributed by atoms with Gasteiger partial charge < -0.3 is 14.2 Å². The molecule has 148 valence electrons. The number of carbonyl (C=O) groups is 2. The summed E-state index contributed by atoms with van der Waals surface area (Å²) in [5, 5.41) is 0. The van der Waals surface area contributed by atoms with Gasteiger partial charge in [-0.05, 0) is 49.4 Å². The lowest BCUT2D eigenvalue weighted by molar-refractivity contribution is -0.128. The number of esters is 1. The summed E-state index contributed by atoms with van der Waals surface area (Å²) in [5.41, 5.74) is 0.459. The average molecular weight is 398 g/mol. The lowest BCUT2D eigenvalue weighted by Crippen LogP contribution is -2.06. The van der Waals surface area contributed by atoms with E-state index in [1.165, 1.54) is 37.3 Å². The Morgan fingerprint density at radius 3 is 2.07 bits per heavy atom. The van der Waals surface area contributed by atoms with Gasteiger partial charge in [-0.3, -0.25) is 4.79 Å². The Morgan fingerprint density at radius 1 is 0.893 bits per heavy atom. The number of ether oxygens (including phenoxy) is 3. The van der Waals surface area contributed by atoms with Crippen molar-refractivity contribution in [3.63, 3.8) is 0 Å². The number of halogens is 4. The van der Waals surface area contributed by atoms with E-state index in [9.17, 15) is 27.2 Å². The fourth-order valence-electron chi connectivity index (χ4n) is 2.09. The van der Waals surface area contributed by atoms with Gasteiger partial charge in [-0.25, -0.2) is 4.79 Å². The van der Waals surface area contributed by atoms with Gasteiger partial charge in [0.1, 0.15) is 17.2 Å². The minimum atomic E-state index is -3.21. The molecule has 5 nitrogen and oxygen atoms in total. The summed E-state index contributed by atoms with van der Waals surface area (Å²) >= 11 is 0. The lowest BCUT2D eigenvalue weighted by atomic mass is 10.1. The smallest absolute Gasteiger partial charge is 0.387 e. The summed E-state index contributed by atoms with van der Waals surface area (Å²) in [6, 6.07) is 8.92. The van der Waals surface area contributed by atoms with Crippen LogP contribution in [-0.4, -0.2) is 25.0 Å². The van der Waals surface area contributed by atoms with Crippen LogP contribution >= 0.6 is 0 Å². The van der Waals surface area contributed by atoms with Crippen LogP contribution in [0, 0.1) is 0 Å². The fourth-order valence-corrected chi connectivity index (χ4v) is 2.09. The molecule has 0 fully saturated rings. The molecule has 2 aromatic carbocycles. The van der Waals surface area contributed by atoms with Gasteiger partial charge in [0.25, 0.3) is 0 Å². The molecule has 0 radical (unpaired) electrons. The van der Waals surface area contributed by atoms with E-state index in [1.807, 2.05) is 0 Å². The van der Waals surface area contributed by atoms with Crippen LogP contribution in [0.5, 0.6) is 17.2 Å². The van der Waals surface area contributed by atoms with E-state index in [-0.39, 0.29) is 22.8 Å². The van der Waals surface area contributed by atoms with Crippen molar-refractivity contribution in [2.45, 2.75) is 20.1 Å². The Morgan fingerprint density at radius 2 is 1.50 bits per heavy atom. The van der Waals surface area contributed by atoms with Crippen LogP contribution in [0.4, 0.5) is 17.6 Å². The maximum atomic E-state index is 12.5. The molecular weight excluding hydrogens is 384 g/mol. The van der Waals surface area contributed by atoms with Crippen molar-refractivity contribution in [3.05, 3.63) is 59.7 Å².